The number of hydrogen-bond acceptors (Lipinski definition) is 2. The average molecular weight is 500 g/mol. The summed E-state index contributed by atoms with van der Waals surface area (Å²) in [6.07, 6.45) is 0. The normalized spacial score (nSPS) is 13.3. The fraction of sp³-hybridized carbons (Fsp3) is 0.0270. The van der Waals surface area contributed by atoms with Crippen molar-refractivity contribution in [2.45, 2.75) is 5.41 Å². The summed E-state index contributed by atoms with van der Waals surface area (Å²) in [6, 6.07) is 51.9. The first-order valence-electron chi connectivity index (χ1n) is 13.4. The summed E-state index contributed by atoms with van der Waals surface area (Å²) in [5, 5.41) is 6.04. The summed E-state index contributed by atoms with van der Waals surface area (Å²) in [4.78, 5) is 0. The van der Waals surface area contributed by atoms with Crippen LogP contribution >= 0.6 is 0 Å². The molecule has 0 amide bonds. The summed E-state index contributed by atoms with van der Waals surface area (Å²) >= 11 is 0. The molecule has 2 heteroatoms. The Kier molecular flexibility index (Phi) is 4.77. The maximum Gasteiger partial charge on any atom is 0.135 e. The van der Waals surface area contributed by atoms with Crippen molar-refractivity contribution in [3.63, 3.8) is 0 Å². The van der Waals surface area contributed by atoms with E-state index in [9.17, 15) is 0 Å². The quantitative estimate of drug-likeness (QED) is 0.261. The summed E-state index contributed by atoms with van der Waals surface area (Å²) in [5.41, 5.74) is 11.2. The number of anilines is 2. The smallest absolute Gasteiger partial charge is 0.135 e. The first-order chi connectivity index (χ1) is 19.3. The van der Waals surface area contributed by atoms with E-state index in [4.69, 9.17) is 4.42 Å². The molecule has 2 nitrogen and oxygen atoms in total. The molecule has 1 aromatic heterocycles. The van der Waals surface area contributed by atoms with E-state index in [-0.39, 0.29) is 0 Å². The van der Waals surface area contributed by atoms with Gasteiger partial charge in [0.1, 0.15) is 11.2 Å². The van der Waals surface area contributed by atoms with Crippen LogP contribution in [0.4, 0.5) is 11.4 Å². The third-order valence-corrected chi connectivity index (χ3v) is 8.14. The lowest BCUT2D eigenvalue weighted by atomic mass is 9.68. The topological polar surface area (TPSA) is 25.2 Å². The number of para-hydroxylation sites is 1. The summed E-state index contributed by atoms with van der Waals surface area (Å²) in [7, 11) is 0. The maximum atomic E-state index is 6.08. The zero-order valence-electron chi connectivity index (χ0n) is 21.3. The van der Waals surface area contributed by atoms with E-state index in [0.29, 0.717) is 0 Å². The van der Waals surface area contributed by atoms with E-state index in [1.54, 1.807) is 0 Å². The standard InChI is InChI=1S/C37H25NO/c1-3-12-25(13-4-1)37(26-14-5-2-6-15-26)31-18-9-7-17-29(31)36-32(37)19-11-20-33(36)38-27-22-23-35-30(24-27)28-16-8-10-21-34(28)39-35/h1-24,38H. The van der Waals surface area contributed by atoms with Crippen molar-refractivity contribution in [3.8, 4) is 11.1 Å². The molecule has 0 radical (unpaired) electrons. The van der Waals surface area contributed by atoms with Crippen molar-refractivity contribution >= 4 is 33.3 Å². The predicted octanol–water partition coefficient (Wildman–Crippen LogP) is 9.69. The molecule has 0 saturated heterocycles. The van der Waals surface area contributed by atoms with Gasteiger partial charge in [-0.25, -0.2) is 0 Å². The number of fused-ring (bicyclic) bond motifs is 6. The van der Waals surface area contributed by atoms with Gasteiger partial charge in [-0.2, -0.15) is 0 Å². The van der Waals surface area contributed by atoms with Gasteiger partial charge in [-0.15, -0.1) is 0 Å². The largest absolute Gasteiger partial charge is 0.456 e. The fourth-order valence-electron chi connectivity index (χ4n) is 6.56. The lowest BCUT2D eigenvalue weighted by molar-refractivity contribution is 0.669. The first kappa shape index (κ1) is 22.0. The van der Waals surface area contributed by atoms with E-state index in [1.165, 1.54) is 33.4 Å². The number of rotatable bonds is 4. The highest BCUT2D eigenvalue weighted by atomic mass is 16.3. The van der Waals surface area contributed by atoms with Crippen molar-refractivity contribution in [1.82, 2.24) is 0 Å². The Bertz CT molecular complexity index is 1950. The average Bonchev–Trinajstić information content (AvgIpc) is 3.52. The molecule has 0 unspecified atom stereocenters. The highest BCUT2D eigenvalue weighted by Crippen LogP contribution is 2.58. The fourth-order valence-corrected chi connectivity index (χ4v) is 6.56. The second kappa shape index (κ2) is 8.47. The van der Waals surface area contributed by atoms with E-state index in [1.807, 2.05) is 12.1 Å². The molecule has 1 aliphatic rings. The van der Waals surface area contributed by atoms with Crippen LogP contribution in [-0.2, 0) is 5.41 Å². The molecule has 0 spiro atoms. The molecule has 39 heavy (non-hydrogen) atoms. The van der Waals surface area contributed by atoms with Gasteiger partial charge in [0, 0.05) is 27.7 Å². The Hall–Kier alpha value is -5.08. The third kappa shape index (κ3) is 3.15. The molecule has 0 fully saturated rings. The van der Waals surface area contributed by atoms with Crippen LogP contribution in [0.2, 0.25) is 0 Å². The molecule has 6 aromatic carbocycles. The molecule has 1 aliphatic carbocycles. The van der Waals surface area contributed by atoms with Gasteiger partial charge in [-0.3, -0.25) is 0 Å². The van der Waals surface area contributed by atoms with Crippen molar-refractivity contribution in [2.24, 2.45) is 0 Å². The molecule has 0 bridgehead atoms. The lowest BCUT2D eigenvalue weighted by Gasteiger charge is -2.33. The molecule has 0 saturated carbocycles. The van der Waals surface area contributed by atoms with Crippen molar-refractivity contribution in [1.29, 1.82) is 0 Å². The van der Waals surface area contributed by atoms with Gasteiger partial charge in [0.05, 0.1) is 5.41 Å². The molecule has 7 aromatic rings. The zero-order chi connectivity index (χ0) is 25.8. The Labute approximate surface area is 227 Å². The number of hydrogen-bond donors (Lipinski definition) is 1. The highest BCUT2D eigenvalue weighted by molar-refractivity contribution is 6.06. The maximum absolute atomic E-state index is 6.08. The van der Waals surface area contributed by atoms with Gasteiger partial charge < -0.3 is 9.73 Å². The van der Waals surface area contributed by atoms with E-state index >= 15 is 0 Å². The Morgan fingerprint density at radius 2 is 1.13 bits per heavy atom. The van der Waals surface area contributed by atoms with Gasteiger partial charge in [0.25, 0.3) is 0 Å². The van der Waals surface area contributed by atoms with Crippen LogP contribution in [0, 0.1) is 0 Å². The van der Waals surface area contributed by atoms with Crippen LogP contribution in [0.15, 0.2) is 150 Å². The molecule has 8 rings (SSSR count). The van der Waals surface area contributed by atoms with Gasteiger partial charge in [-0.1, -0.05) is 115 Å². The molecule has 1 heterocycles. The molecule has 184 valence electrons. The molecule has 1 N–H and O–H groups in total. The predicted molar refractivity (Wildman–Crippen MR) is 161 cm³/mol. The molecular weight excluding hydrogens is 474 g/mol. The zero-order valence-corrected chi connectivity index (χ0v) is 21.3. The van der Waals surface area contributed by atoms with Gasteiger partial charge >= 0.3 is 0 Å². The summed E-state index contributed by atoms with van der Waals surface area (Å²) < 4.78 is 6.08. The monoisotopic (exact) mass is 499 g/mol. The summed E-state index contributed by atoms with van der Waals surface area (Å²) in [5.74, 6) is 0. The Morgan fingerprint density at radius 1 is 0.487 bits per heavy atom. The number of benzene rings is 6. The van der Waals surface area contributed by atoms with Crippen LogP contribution in [0.25, 0.3) is 33.1 Å². The first-order valence-corrected chi connectivity index (χ1v) is 13.4. The summed E-state index contributed by atoms with van der Waals surface area (Å²) in [6.45, 7) is 0. The van der Waals surface area contributed by atoms with Crippen LogP contribution in [0.5, 0.6) is 0 Å². The minimum absolute atomic E-state index is 0.406. The van der Waals surface area contributed by atoms with Crippen molar-refractivity contribution < 1.29 is 4.42 Å². The minimum atomic E-state index is -0.406. The SMILES string of the molecule is c1ccc(C2(c3ccccc3)c3ccccc3-c3c(Nc4ccc5oc6ccccc6c5c4)cccc32)cc1. The molecule has 0 aliphatic heterocycles. The lowest BCUT2D eigenvalue weighted by Crippen LogP contribution is -2.28. The van der Waals surface area contributed by atoms with Gasteiger partial charge in [0.2, 0.25) is 0 Å². The Balaban J connectivity index is 1.37. The number of nitrogens with one attached hydrogen (secondary N) is 1. The van der Waals surface area contributed by atoms with Gasteiger partial charge in [-0.05, 0) is 58.1 Å². The molecule has 0 atom stereocenters. The van der Waals surface area contributed by atoms with Crippen LogP contribution in [-0.4, -0.2) is 0 Å². The second-order valence-corrected chi connectivity index (χ2v) is 10.2. The molecular formula is C37H25NO. The Morgan fingerprint density at radius 3 is 1.92 bits per heavy atom. The van der Waals surface area contributed by atoms with Crippen LogP contribution in [0.1, 0.15) is 22.3 Å². The van der Waals surface area contributed by atoms with E-state index in [0.717, 1.165) is 33.3 Å². The van der Waals surface area contributed by atoms with Gasteiger partial charge in [0.15, 0.2) is 0 Å². The van der Waals surface area contributed by atoms with Crippen molar-refractivity contribution in [2.75, 3.05) is 5.32 Å². The van der Waals surface area contributed by atoms with E-state index < -0.39 is 5.41 Å². The van der Waals surface area contributed by atoms with Crippen LogP contribution in [0.3, 0.4) is 0 Å². The van der Waals surface area contributed by atoms with E-state index in [2.05, 4.69) is 139 Å². The van der Waals surface area contributed by atoms with Crippen LogP contribution < -0.4 is 5.32 Å². The highest BCUT2D eigenvalue weighted by Gasteiger charge is 2.46. The second-order valence-electron chi connectivity index (χ2n) is 10.2. The van der Waals surface area contributed by atoms with Crippen molar-refractivity contribution in [3.05, 3.63) is 168 Å². The number of furan rings is 1. The third-order valence-electron chi connectivity index (χ3n) is 8.14. The minimum Gasteiger partial charge on any atom is -0.456 e.